The number of hydrogen-bond donors (Lipinski definition) is 1. The van der Waals surface area contributed by atoms with Gasteiger partial charge in [0.05, 0.1) is 19.1 Å². The lowest BCUT2D eigenvalue weighted by atomic mass is 10.1. The Morgan fingerprint density at radius 2 is 1.94 bits per heavy atom. The zero-order valence-corrected chi connectivity index (χ0v) is 10.7. The number of benzene rings is 1. The van der Waals surface area contributed by atoms with Crippen molar-refractivity contribution in [3.8, 4) is 11.5 Å². The molecule has 1 aromatic rings. The van der Waals surface area contributed by atoms with E-state index in [0.29, 0.717) is 0 Å². The van der Waals surface area contributed by atoms with Gasteiger partial charge in [-0.15, -0.1) is 11.8 Å². The van der Waals surface area contributed by atoms with Gasteiger partial charge in [0.25, 0.3) is 0 Å². The van der Waals surface area contributed by atoms with Crippen molar-refractivity contribution in [2.45, 2.75) is 23.3 Å². The number of methoxy groups -OCH3 is 2. The topological polar surface area (TPSA) is 44.5 Å². The summed E-state index contributed by atoms with van der Waals surface area (Å²) in [6.45, 7) is 0. The molecule has 1 aliphatic rings. The minimum Gasteiger partial charge on any atom is -0.493 e. The first kappa shape index (κ1) is 11.6. The number of ether oxygens (including phenoxy) is 2. The number of rotatable bonds is 4. The molecule has 1 fully saturated rings. The van der Waals surface area contributed by atoms with E-state index in [1.807, 2.05) is 12.3 Å². The summed E-state index contributed by atoms with van der Waals surface area (Å²) in [5.74, 6) is 1.56. The highest BCUT2D eigenvalue weighted by Crippen LogP contribution is 2.47. The van der Waals surface area contributed by atoms with Crippen LogP contribution in [0.3, 0.4) is 0 Å². The van der Waals surface area contributed by atoms with E-state index in [2.05, 4.69) is 6.07 Å². The maximum atomic E-state index is 6.20. The van der Waals surface area contributed by atoms with Crippen LogP contribution in [0.5, 0.6) is 11.5 Å². The molecular weight excluding hydrogens is 222 g/mol. The van der Waals surface area contributed by atoms with Crippen molar-refractivity contribution in [1.29, 1.82) is 0 Å². The summed E-state index contributed by atoms with van der Waals surface area (Å²) in [5, 5.41) is 0. The fraction of sp³-hybridized carbons (Fsp3) is 0.500. The normalized spacial score (nSPS) is 17.0. The Kier molecular flexibility index (Phi) is 3.04. The molecule has 0 bridgehead atoms. The summed E-state index contributed by atoms with van der Waals surface area (Å²) in [7, 11) is 3.31. The highest BCUT2D eigenvalue weighted by molar-refractivity contribution is 7.98. The smallest absolute Gasteiger partial charge is 0.174 e. The monoisotopic (exact) mass is 239 g/mol. The van der Waals surface area contributed by atoms with Gasteiger partial charge in [0, 0.05) is 5.54 Å². The van der Waals surface area contributed by atoms with Crippen molar-refractivity contribution in [2.24, 2.45) is 5.73 Å². The number of nitrogens with two attached hydrogens (primary N) is 1. The molecule has 0 atom stereocenters. The molecule has 0 aromatic heterocycles. The Morgan fingerprint density at radius 3 is 2.38 bits per heavy atom. The first-order chi connectivity index (χ1) is 7.64. The lowest BCUT2D eigenvalue weighted by Crippen LogP contribution is -2.18. The van der Waals surface area contributed by atoms with Crippen LogP contribution in [0.1, 0.15) is 18.4 Å². The van der Waals surface area contributed by atoms with E-state index in [0.717, 1.165) is 34.8 Å². The zero-order chi connectivity index (χ0) is 11.8. The van der Waals surface area contributed by atoms with Crippen LogP contribution in [-0.2, 0) is 5.54 Å². The summed E-state index contributed by atoms with van der Waals surface area (Å²) in [4.78, 5) is 1.08. The van der Waals surface area contributed by atoms with Crippen molar-refractivity contribution in [1.82, 2.24) is 0 Å². The quantitative estimate of drug-likeness (QED) is 0.819. The summed E-state index contributed by atoms with van der Waals surface area (Å²) in [6.07, 6.45) is 4.13. The summed E-state index contributed by atoms with van der Waals surface area (Å²) in [5.41, 5.74) is 7.21. The van der Waals surface area contributed by atoms with Gasteiger partial charge in [0.1, 0.15) is 0 Å². The molecule has 0 saturated heterocycles. The first-order valence-electron chi connectivity index (χ1n) is 5.24. The summed E-state index contributed by atoms with van der Waals surface area (Å²) < 4.78 is 10.7. The molecule has 3 nitrogen and oxygen atoms in total. The molecule has 0 amide bonds. The molecule has 1 aromatic carbocycles. The van der Waals surface area contributed by atoms with Crippen LogP contribution in [0.25, 0.3) is 0 Å². The molecule has 0 aliphatic heterocycles. The van der Waals surface area contributed by atoms with Gasteiger partial charge in [-0.05, 0) is 36.8 Å². The van der Waals surface area contributed by atoms with Gasteiger partial charge in [0.2, 0.25) is 0 Å². The average molecular weight is 239 g/mol. The predicted octanol–water partition coefficient (Wildman–Crippen LogP) is 2.37. The highest BCUT2D eigenvalue weighted by atomic mass is 32.2. The minimum absolute atomic E-state index is 0.135. The third-order valence-corrected chi connectivity index (χ3v) is 3.77. The van der Waals surface area contributed by atoms with Crippen LogP contribution < -0.4 is 15.2 Å². The van der Waals surface area contributed by atoms with Gasteiger partial charge in [-0.25, -0.2) is 0 Å². The van der Waals surface area contributed by atoms with E-state index in [9.17, 15) is 0 Å². The van der Waals surface area contributed by atoms with E-state index in [1.54, 1.807) is 26.0 Å². The Balaban J connectivity index is 2.50. The number of thioether (sulfide) groups is 1. The molecule has 16 heavy (non-hydrogen) atoms. The van der Waals surface area contributed by atoms with Gasteiger partial charge in [-0.2, -0.15) is 0 Å². The Bertz CT molecular complexity index is 377. The predicted molar refractivity (Wildman–Crippen MR) is 66.4 cm³/mol. The highest BCUT2D eigenvalue weighted by Gasteiger charge is 2.40. The molecule has 4 heteroatoms. The van der Waals surface area contributed by atoms with Crippen LogP contribution in [0.15, 0.2) is 17.0 Å². The molecule has 2 N–H and O–H groups in total. The van der Waals surface area contributed by atoms with Crippen molar-refractivity contribution in [3.05, 3.63) is 17.7 Å². The minimum atomic E-state index is -0.135. The summed E-state index contributed by atoms with van der Waals surface area (Å²) in [6, 6.07) is 4.10. The van der Waals surface area contributed by atoms with E-state index in [1.165, 1.54) is 0 Å². The Morgan fingerprint density at radius 1 is 1.25 bits per heavy atom. The Labute approximate surface area is 100 Å². The average Bonchev–Trinajstić information content (AvgIpc) is 3.06. The molecule has 1 saturated carbocycles. The molecular formula is C12H17NO2S. The molecule has 0 heterocycles. The second-order valence-corrected chi connectivity index (χ2v) is 4.92. The van der Waals surface area contributed by atoms with Gasteiger partial charge >= 0.3 is 0 Å². The van der Waals surface area contributed by atoms with Gasteiger partial charge in [-0.3, -0.25) is 0 Å². The zero-order valence-electron chi connectivity index (χ0n) is 9.87. The maximum Gasteiger partial charge on any atom is 0.174 e. The van der Waals surface area contributed by atoms with Crippen LogP contribution >= 0.6 is 11.8 Å². The first-order valence-corrected chi connectivity index (χ1v) is 6.46. The van der Waals surface area contributed by atoms with Gasteiger partial charge < -0.3 is 15.2 Å². The second-order valence-electron chi connectivity index (χ2n) is 4.07. The third-order valence-electron chi connectivity index (χ3n) is 3.03. The van der Waals surface area contributed by atoms with Crippen LogP contribution in [0, 0.1) is 0 Å². The lowest BCUT2D eigenvalue weighted by Gasteiger charge is -2.16. The summed E-state index contributed by atoms with van der Waals surface area (Å²) >= 11 is 1.65. The Hall–Kier alpha value is -0.870. The molecule has 1 aliphatic carbocycles. The van der Waals surface area contributed by atoms with E-state index < -0.39 is 0 Å². The van der Waals surface area contributed by atoms with E-state index >= 15 is 0 Å². The fourth-order valence-electron chi connectivity index (χ4n) is 1.79. The second kappa shape index (κ2) is 4.18. The van der Waals surface area contributed by atoms with Crippen LogP contribution in [0.4, 0.5) is 0 Å². The van der Waals surface area contributed by atoms with Crippen molar-refractivity contribution >= 4 is 11.8 Å². The number of hydrogen-bond acceptors (Lipinski definition) is 4. The van der Waals surface area contributed by atoms with Crippen molar-refractivity contribution in [2.75, 3.05) is 20.5 Å². The molecule has 0 radical (unpaired) electrons. The largest absolute Gasteiger partial charge is 0.493 e. The van der Waals surface area contributed by atoms with Crippen LogP contribution in [-0.4, -0.2) is 20.5 Å². The van der Waals surface area contributed by atoms with Gasteiger partial charge in [0.15, 0.2) is 11.5 Å². The van der Waals surface area contributed by atoms with Crippen LogP contribution in [0.2, 0.25) is 0 Å². The maximum absolute atomic E-state index is 6.20. The van der Waals surface area contributed by atoms with Crippen molar-refractivity contribution in [3.63, 3.8) is 0 Å². The standard InChI is InChI=1S/C12H17NO2S/c1-14-9-6-8(12(13)4-5-12)7-10(16-3)11(9)15-2/h6-7H,4-5,13H2,1-3H3. The molecule has 0 unspecified atom stereocenters. The third kappa shape index (κ3) is 1.87. The molecule has 0 spiro atoms. The fourth-order valence-corrected chi connectivity index (χ4v) is 2.41. The van der Waals surface area contributed by atoms with E-state index in [4.69, 9.17) is 15.2 Å². The van der Waals surface area contributed by atoms with Gasteiger partial charge in [-0.1, -0.05) is 0 Å². The van der Waals surface area contributed by atoms with E-state index in [-0.39, 0.29) is 5.54 Å². The molecule has 2 rings (SSSR count). The lowest BCUT2D eigenvalue weighted by molar-refractivity contribution is 0.347. The molecule has 88 valence electrons. The SMILES string of the molecule is COc1cc(C2(N)CC2)cc(SC)c1OC. The van der Waals surface area contributed by atoms with Crippen molar-refractivity contribution < 1.29 is 9.47 Å².